The van der Waals surface area contributed by atoms with Crippen molar-refractivity contribution in [3.8, 4) is 0 Å². The molecule has 114 valence electrons. The van der Waals surface area contributed by atoms with Crippen molar-refractivity contribution in [1.82, 2.24) is 5.32 Å². The van der Waals surface area contributed by atoms with E-state index in [4.69, 9.17) is 0 Å². The third-order valence-electron chi connectivity index (χ3n) is 5.06. The molecule has 0 spiro atoms. The second-order valence-electron chi connectivity index (χ2n) is 6.72. The number of fused-ring (bicyclic) bond motifs is 1. The molecule has 0 unspecified atom stereocenters. The summed E-state index contributed by atoms with van der Waals surface area (Å²) < 4.78 is 0. The molecule has 1 aromatic rings. The van der Waals surface area contributed by atoms with Gasteiger partial charge in [-0.15, -0.1) is 0 Å². The molecule has 3 heteroatoms. The predicted octanol–water partition coefficient (Wildman–Crippen LogP) is 3.60. The zero-order chi connectivity index (χ0) is 14.7. The van der Waals surface area contributed by atoms with Crippen LogP contribution in [0.5, 0.6) is 0 Å². The van der Waals surface area contributed by atoms with Gasteiger partial charge in [-0.05, 0) is 42.4 Å². The normalized spacial score (nSPS) is 24.2. The molecule has 3 nitrogen and oxygen atoms in total. The van der Waals surface area contributed by atoms with Gasteiger partial charge >= 0.3 is 0 Å². The zero-order valence-corrected chi connectivity index (χ0v) is 13.0. The lowest BCUT2D eigenvalue weighted by molar-refractivity contribution is 0.0949. The lowest BCUT2D eigenvalue weighted by Crippen LogP contribution is -2.27. The highest BCUT2D eigenvalue weighted by Crippen LogP contribution is 2.30. The molecule has 1 fully saturated rings. The Labute approximate surface area is 127 Å². The summed E-state index contributed by atoms with van der Waals surface area (Å²) >= 11 is 0. The highest BCUT2D eigenvalue weighted by atomic mass is 16.1. The van der Waals surface area contributed by atoms with Crippen LogP contribution in [0.3, 0.4) is 0 Å². The molecule has 2 N–H and O–H groups in total. The van der Waals surface area contributed by atoms with E-state index in [1.54, 1.807) is 0 Å². The van der Waals surface area contributed by atoms with Gasteiger partial charge in [-0.1, -0.05) is 38.7 Å². The number of anilines is 1. The van der Waals surface area contributed by atoms with Gasteiger partial charge in [-0.3, -0.25) is 4.79 Å². The van der Waals surface area contributed by atoms with Gasteiger partial charge in [0.1, 0.15) is 0 Å². The maximum absolute atomic E-state index is 12.2. The van der Waals surface area contributed by atoms with Gasteiger partial charge in [0, 0.05) is 24.3 Å². The number of hydrogen-bond donors (Lipinski definition) is 2. The zero-order valence-electron chi connectivity index (χ0n) is 13.0. The molecule has 1 aliphatic carbocycles. The molecule has 1 amide bonds. The molecule has 0 bridgehead atoms. The van der Waals surface area contributed by atoms with E-state index in [9.17, 15) is 4.79 Å². The maximum atomic E-state index is 12.2. The average Bonchev–Trinajstić information content (AvgIpc) is 2.96. The van der Waals surface area contributed by atoms with Crippen LogP contribution in [-0.2, 0) is 6.42 Å². The summed E-state index contributed by atoms with van der Waals surface area (Å²) in [5, 5.41) is 6.41. The number of benzene rings is 1. The Morgan fingerprint density at radius 1 is 1.29 bits per heavy atom. The number of rotatable bonds is 4. The number of hydrogen-bond acceptors (Lipinski definition) is 2. The minimum Gasteiger partial charge on any atom is -0.384 e. The van der Waals surface area contributed by atoms with Crippen LogP contribution in [0, 0.1) is 11.8 Å². The first-order valence-electron chi connectivity index (χ1n) is 8.37. The first-order valence-corrected chi connectivity index (χ1v) is 8.37. The first kappa shape index (κ1) is 14.4. The van der Waals surface area contributed by atoms with Gasteiger partial charge in [0.25, 0.3) is 5.91 Å². The smallest absolute Gasteiger partial charge is 0.251 e. The van der Waals surface area contributed by atoms with Gasteiger partial charge in [-0.2, -0.15) is 0 Å². The van der Waals surface area contributed by atoms with E-state index in [1.165, 1.54) is 31.2 Å². The quantitative estimate of drug-likeness (QED) is 0.888. The van der Waals surface area contributed by atoms with Crippen molar-refractivity contribution in [1.29, 1.82) is 0 Å². The van der Waals surface area contributed by atoms with Crippen molar-refractivity contribution in [3.05, 3.63) is 29.3 Å². The molecule has 0 atom stereocenters. The van der Waals surface area contributed by atoms with E-state index in [-0.39, 0.29) is 5.91 Å². The van der Waals surface area contributed by atoms with Crippen LogP contribution in [-0.4, -0.2) is 19.0 Å². The predicted molar refractivity (Wildman–Crippen MR) is 86.7 cm³/mol. The summed E-state index contributed by atoms with van der Waals surface area (Å²) in [6, 6.07) is 6.01. The van der Waals surface area contributed by atoms with Gasteiger partial charge < -0.3 is 10.6 Å². The lowest BCUT2D eigenvalue weighted by Gasteiger charge is -2.26. The van der Waals surface area contributed by atoms with Crippen LogP contribution in [0.2, 0.25) is 0 Å². The average molecular weight is 286 g/mol. The number of nitrogens with one attached hydrogen (secondary N) is 2. The number of amides is 1. The van der Waals surface area contributed by atoms with Crippen LogP contribution in [0.15, 0.2) is 18.2 Å². The molecule has 1 aromatic carbocycles. The van der Waals surface area contributed by atoms with Gasteiger partial charge in [0.2, 0.25) is 0 Å². The molecule has 0 radical (unpaired) electrons. The third kappa shape index (κ3) is 3.58. The Morgan fingerprint density at radius 2 is 2.10 bits per heavy atom. The van der Waals surface area contributed by atoms with Gasteiger partial charge in [-0.25, -0.2) is 0 Å². The largest absolute Gasteiger partial charge is 0.384 e. The van der Waals surface area contributed by atoms with Crippen LogP contribution in [0.4, 0.5) is 5.69 Å². The van der Waals surface area contributed by atoms with Crippen molar-refractivity contribution in [2.75, 3.05) is 18.4 Å². The molecule has 0 aromatic heterocycles. The van der Waals surface area contributed by atoms with Crippen molar-refractivity contribution in [2.24, 2.45) is 11.8 Å². The monoisotopic (exact) mass is 286 g/mol. The molecule has 0 saturated heterocycles. The van der Waals surface area contributed by atoms with Crippen LogP contribution < -0.4 is 10.6 Å². The summed E-state index contributed by atoms with van der Waals surface area (Å²) in [6.07, 6.45) is 7.57. The summed E-state index contributed by atoms with van der Waals surface area (Å²) in [5.74, 6) is 1.77. The van der Waals surface area contributed by atoms with Crippen LogP contribution in [0.25, 0.3) is 0 Å². The Hall–Kier alpha value is -1.51. The molecule has 2 aliphatic rings. The molecule has 3 rings (SSSR count). The summed E-state index contributed by atoms with van der Waals surface area (Å²) in [7, 11) is 0. The van der Waals surface area contributed by atoms with Crippen molar-refractivity contribution in [3.63, 3.8) is 0 Å². The molecule has 21 heavy (non-hydrogen) atoms. The fourth-order valence-electron chi connectivity index (χ4n) is 3.54. The van der Waals surface area contributed by atoms with E-state index in [1.807, 2.05) is 12.1 Å². The van der Waals surface area contributed by atoms with E-state index in [0.29, 0.717) is 0 Å². The number of carbonyl (C=O) groups is 1. The first-order chi connectivity index (χ1) is 10.2. The van der Waals surface area contributed by atoms with Crippen molar-refractivity contribution >= 4 is 11.6 Å². The van der Waals surface area contributed by atoms with Crippen molar-refractivity contribution < 1.29 is 4.79 Å². The Bertz CT molecular complexity index is 504. The van der Waals surface area contributed by atoms with Gasteiger partial charge in [0.15, 0.2) is 0 Å². The van der Waals surface area contributed by atoms with E-state index >= 15 is 0 Å². The van der Waals surface area contributed by atoms with E-state index in [0.717, 1.165) is 49.0 Å². The summed E-state index contributed by atoms with van der Waals surface area (Å²) in [6.45, 7) is 4.14. The minimum atomic E-state index is 0.0654. The molecule has 1 saturated carbocycles. The van der Waals surface area contributed by atoms with Crippen LogP contribution in [0.1, 0.15) is 54.9 Å². The molecular weight excluding hydrogens is 260 g/mol. The Balaban J connectivity index is 1.46. The lowest BCUT2D eigenvalue weighted by atomic mass is 9.81. The maximum Gasteiger partial charge on any atom is 0.251 e. The van der Waals surface area contributed by atoms with E-state index < -0.39 is 0 Å². The second kappa shape index (κ2) is 6.50. The minimum absolute atomic E-state index is 0.0654. The topological polar surface area (TPSA) is 41.1 Å². The SMILES string of the molecule is CC1CCC(CCNC(=O)c2ccc3c(c2)NCC3)CC1. The molecular formula is C18H26N2O. The fourth-order valence-corrected chi connectivity index (χ4v) is 3.54. The molecule has 1 heterocycles. The summed E-state index contributed by atoms with van der Waals surface area (Å²) in [5.41, 5.74) is 3.23. The van der Waals surface area contributed by atoms with E-state index in [2.05, 4.69) is 23.6 Å². The highest BCUT2D eigenvalue weighted by Gasteiger charge is 2.18. The fraction of sp³-hybridized carbons (Fsp3) is 0.611. The van der Waals surface area contributed by atoms with Crippen LogP contribution >= 0.6 is 0 Å². The Kier molecular flexibility index (Phi) is 4.47. The second-order valence-corrected chi connectivity index (χ2v) is 6.72. The number of carbonyl (C=O) groups excluding carboxylic acids is 1. The standard InChI is InChI=1S/C18H26N2O/c1-13-2-4-14(5-3-13)8-10-20-18(21)16-7-6-15-9-11-19-17(15)12-16/h6-7,12-14,19H,2-5,8-11H2,1H3,(H,20,21). The summed E-state index contributed by atoms with van der Waals surface area (Å²) in [4.78, 5) is 12.2. The Morgan fingerprint density at radius 3 is 2.90 bits per heavy atom. The molecule has 1 aliphatic heterocycles. The van der Waals surface area contributed by atoms with Crippen molar-refractivity contribution in [2.45, 2.75) is 45.4 Å². The highest BCUT2D eigenvalue weighted by molar-refractivity contribution is 5.95. The van der Waals surface area contributed by atoms with Gasteiger partial charge in [0.05, 0.1) is 0 Å². The third-order valence-corrected chi connectivity index (χ3v) is 5.06.